The molecule has 0 saturated carbocycles. The van der Waals surface area contributed by atoms with E-state index in [9.17, 15) is 9.90 Å². The first kappa shape index (κ1) is 15.1. The second kappa shape index (κ2) is 6.90. The molecule has 2 rings (SSSR count). The van der Waals surface area contributed by atoms with E-state index in [1.54, 1.807) is 31.2 Å². The fourth-order valence-electron chi connectivity index (χ4n) is 1.83. The standard InChI is InChI=1S/C17H19NO3/c1-12-3-7-15(8-4-12)18-17(20)11-21-16-9-5-14(6-10-16)13(2)19/h3-10,13,19H,11H2,1-2H3,(H,18,20)/t13-/m1/s1. The van der Waals surface area contributed by atoms with Crippen LogP contribution in [0, 0.1) is 6.92 Å². The minimum atomic E-state index is -0.510. The minimum Gasteiger partial charge on any atom is -0.484 e. The summed E-state index contributed by atoms with van der Waals surface area (Å²) in [5, 5.41) is 12.2. The Balaban J connectivity index is 1.84. The highest BCUT2D eigenvalue weighted by molar-refractivity contribution is 5.91. The topological polar surface area (TPSA) is 58.6 Å². The highest BCUT2D eigenvalue weighted by Gasteiger charge is 2.05. The molecular weight excluding hydrogens is 266 g/mol. The van der Waals surface area contributed by atoms with Crippen LogP contribution in [0.15, 0.2) is 48.5 Å². The molecule has 0 aromatic heterocycles. The average molecular weight is 285 g/mol. The normalized spacial score (nSPS) is 11.8. The molecule has 0 unspecified atom stereocenters. The molecule has 21 heavy (non-hydrogen) atoms. The zero-order valence-electron chi connectivity index (χ0n) is 12.2. The SMILES string of the molecule is Cc1ccc(NC(=O)COc2ccc([C@@H](C)O)cc2)cc1. The van der Waals surface area contributed by atoms with Crippen molar-refractivity contribution in [1.82, 2.24) is 0 Å². The maximum atomic E-state index is 11.8. The number of rotatable bonds is 5. The van der Waals surface area contributed by atoms with E-state index in [1.165, 1.54) is 0 Å². The molecule has 0 spiro atoms. The van der Waals surface area contributed by atoms with Gasteiger partial charge in [-0.3, -0.25) is 4.79 Å². The Kier molecular flexibility index (Phi) is 4.95. The van der Waals surface area contributed by atoms with Crippen molar-refractivity contribution in [2.75, 3.05) is 11.9 Å². The molecule has 0 fully saturated rings. The summed E-state index contributed by atoms with van der Waals surface area (Å²) in [5.41, 5.74) is 2.70. The van der Waals surface area contributed by atoms with E-state index in [-0.39, 0.29) is 12.5 Å². The van der Waals surface area contributed by atoms with Gasteiger partial charge in [0.1, 0.15) is 5.75 Å². The molecule has 4 nitrogen and oxygen atoms in total. The lowest BCUT2D eigenvalue weighted by molar-refractivity contribution is -0.118. The Morgan fingerprint density at radius 1 is 1.14 bits per heavy atom. The lowest BCUT2D eigenvalue weighted by atomic mass is 10.1. The van der Waals surface area contributed by atoms with Crippen LogP contribution >= 0.6 is 0 Å². The van der Waals surface area contributed by atoms with Crippen molar-refractivity contribution in [3.63, 3.8) is 0 Å². The van der Waals surface area contributed by atoms with Gasteiger partial charge in [0.15, 0.2) is 6.61 Å². The number of carbonyl (C=O) groups excluding carboxylic acids is 1. The molecule has 0 aliphatic heterocycles. The molecule has 0 aliphatic rings. The van der Waals surface area contributed by atoms with Gasteiger partial charge in [-0.15, -0.1) is 0 Å². The molecule has 2 aromatic carbocycles. The van der Waals surface area contributed by atoms with Crippen LogP contribution in [0.3, 0.4) is 0 Å². The van der Waals surface area contributed by atoms with Crippen LogP contribution in [0.25, 0.3) is 0 Å². The second-order valence-corrected chi connectivity index (χ2v) is 4.95. The summed E-state index contributed by atoms with van der Waals surface area (Å²) < 4.78 is 5.40. The van der Waals surface area contributed by atoms with Crippen LogP contribution in [-0.2, 0) is 4.79 Å². The van der Waals surface area contributed by atoms with Crippen LogP contribution < -0.4 is 10.1 Å². The van der Waals surface area contributed by atoms with Crippen LogP contribution in [0.1, 0.15) is 24.2 Å². The molecule has 2 N–H and O–H groups in total. The van der Waals surface area contributed by atoms with Crippen LogP contribution in [0.5, 0.6) is 5.75 Å². The Morgan fingerprint density at radius 3 is 2.33 bits per heavy atom. The number of hydrogen-bond acceptors (Lipinski definition) is 3. The number of benzene rings is 2. The van der Waals surface area contributed by atoms with Crippen LogP contribution in [0.4, 0.5) is 5.69 Å². The molecular formula is C17H19NO3. The summed E-state index contributed by atoms with van der Waals surface area (Å²) in [4.78, 5) is 11.8. The third-order valence-corrected chi connectivity index (χ3v) is 3.07. The lowest BCUT2D eigenvalue weighted by Gasteiger charge is -2.09. The number of hydrogen-bond donors (Lipinski definition) is 2. The van der Waals surface area contributed by atoms with Crippen molar-refractivity contribution >= 4 is 11.6 Å². The predicted octanol–water partition coefficient (Wildman–Crippen LogP) is 3.07. The van der Waals surface area contributed by atoms with E-state index in [4.69, 9.17) is 4.74 Å². The van der Waals surface area contributed by atoms with E-state index >= 15 is 0 Å². The molecule has 1 atom stereocenters. The van der Waals surface area contributed by atoms with Gasteiger partial charge in [-0.25, -0.2) is 0 Å². The molecule has 0 bridgehead atoms. The number of aliphatic hydroxyl groups excluding tert-OH is 1. The van der Waals surface area contributed by atoms with E-state index in [0.29, 0.717) is 5.75 Å². The fourth-order valence-corrected chi connectivity index (χ4v) is 1.83. The van der Waals surface area contributed by atoms with Gasteiger partial charge in [0, 0.05) is 5.69 Å². The summed E-state index contributed by atoms with van der Waals surface area (Å²) in [6, 6.07) is 14.6. The highest BCUT2D eigenvalue weighted by atomic mass is 16.5. The van der Waals surface area contributed by atoms with Gasteiger partial charge in [0.2, 0.25) is 0 Å². The number of nitrogens with one attached hydrogen (secondary N) is 1. The van der Waals surface area contributed by atoms with Gasteiger partial charge < -0.3 is 15.2 Å². The van der Waals surface area contributed by atoms with Gasteiger partial charge in [-0.2, -0.15) is 0 Å². The molecule has 4 heteroatoms. The fraction of sp³-hybridized carbons (Fsp3) is 0.235. The predicted molar refractivity (Wildman–Crippen MR) is 82.4 cm³/mol. The maximum Gasteiger partial charge on any atom is 0.262 e. The van der Waals surface area contributed by atoms with Crippen molar-refractivity contribution < 1.29 is 14.6 Å². The van der Waals surface area contributed by atoms with Crippen molar-refractivity contribution in [2.45, 2.75) is 20.0 Å². The number of amides is 1. The summed E-state index contributed by atoms with van der Waals surface area (Å²) in [7, 11) is 0. The summed E-state index contributed by atoms with van der Waals surface area (Å²) in [6.45, 7) is 3.64. The molecule has 110 valence electrons. The zero-order valence-corrected chi connectivity index (χ0v) is 12.2. The molecule has 0 aliphatic carbocycles. The van der Waals surface area contributed by atoms with Crippen LogP contribution in [-0.4, -0.2) is 17.6 Å². The van der Waals surface area contributed by atoms with Crippen molar-refractivity contribution in [2.24, 2.45) is 0 Å². The number of carbonyl (C=O) groups is 1. The third-order valence-electron chi connectivity index (χ3n) is 3.07. The Hall–Kier alpha value is -2.33. The average Bonchev–Trinajstić information content (AvgIpc) is 2.48. The zero-order chi connectivity index (χ0) is 15.2. The van der Waals surface area contributed by atoms with Gasteiger partial charge in [0.25, 0.3) is 5.91 Å². The lowest BCUT2D eigenvalue weighted by Crippen LogP contribution is -2.20. The van der Waals surface area contributed by atoms with Crippen molar-refractivity contribution in [3.05, 3.63) is 59.7 Å². The first-order valence-electron chi connectivity index (χ1n) is 6.82. The van der Waals surface area contributed by atoms with E-state index in [1.807, 2.05) is 31.2 Å². The summed E-state index contributed by atoms with van der Waals surface area (Å²) in [6.07, 6.45) is -0.510. The monoisotopic (exact) mass is 285 g/mol. The molecule has 0 radical (unpaired) electrons. The molecule has 0 heterocycles. The first-order valence-corrected chi connectivity index (χ1v) is 6.82. The van der Waals surface area contributed by atoms with Gasteiger partial charge >= 0.3 is 0 Å². The smallest absolute Gasteiger partial charge is 0.262 e. The molecule has 0 saturated heterocycles. The Morgan fingerprint density at radius 2 is 1.76 bits per heavy atom. The van der Waals surface area contributed by atoms with Gasteiger partial charge in [-0.1, -0.05) is 29.8 Å². The maximum absolute atomic E-state index is 11.8. The summed E-state index contributed by atoms with van der Waals surface area (Å²) in [5.74, 6) is 0.386. The first-order chi connectivity index (χ1) is 10.0. The minimum absolute atomic E-state index is 0.0537. The number of aliphatic hydroxyl groups is 1. The number of ether oxygens (including phenoxy) is 1. The van der Waals surface area contributed by atoms with Crippen molar-refractivity contribution in [3.8, 4) is 5.75 Å². The Labute approximate surface area is 124 Å². The number of aryl methyl sites for hydroxylation is 1. The largest absolute Gasteiger partial charge is 0.484 e. The van der Waals surface area contributed by atoms with E-state index in [0.717, 1.165) is 16.8 Å². The van der Waals surface area contributed by atoms with Crippen LogP contribution in [0.2, 0.25) is 0 Å². The molecule has 2 aromatic rings. The van der Waals surface area contributed by atoms with E-state index < -0.39 is 6.10 Å². The van der Waals surface area contributed by atoms with Gasteiger partial charge in [0.05, 0.1) is 6.10 Å². The quantitative estimate of drug-likeness (QED) is 0.887. The second-order valence-electron chi connectivity index (χ2n) is 4.95. The Bertz CT molecular complexity index is 588. The van der Waals surface area contributed by atoms with Crippen molar-refractivity contribution in [1.29, 1.82) is 0 Å². The summed E-state index contributed by atoms with van der Waals surface area (Å²) >= 11 is 0. The third kappa shape index (κ3) is 4.61. The molecule has 1 amide bonds. The van der Waals surface area contributed by atoms with E-state index in [2.05, 4.69) is 5.32 Å². The number of anilines is 1. The highest BCUT2D eigenvalue weighted by Crippen LogP contribution is 2.17. The van der Waals surface area contributed by atoms with Gasteiger partial charge in [-0.05, 0) is 43.7 Å².